The molecule has 2 unspecified atom stereocenters. The average molecular weight is 488 g/mol. The van der Waals surface area contributed by atoms with Crippen molar-refractivity contribution in [1.82, 2.24) is 9.71 Å². The highest BCUT2D eigenvalue weighted by Crippen LogP contribution is 2.53. The quantitative estimate of drug-likeness (QED) is 0.239. The smallest absolute Gasteiger partial charge is 0.325 e. The summed E-state index contributed by atoms with van der Waals surface area (Å²) in [4.78, 5) is 17.5. The molecule has 170 valence electrons. The molecule has 0 amide bonds. The Kier molecular flexibility index (Phi) is 6.28. The summed E-state index contributed by atoms with van der Waals surface area (Å²) in [7, 11) is 0. The van der Waals surface area contributed by atoms with Crippen molar-refractivity contribution < 1.29 is 9.90 Å². The number of carboxylic acids is 1. The van der Waals surface area contributed by atoms with Crippen molar-refractivity contribution in [2.75, 3.05) is 5.32 Å². The fourth-order valence-corrected chi connectivity index (χ4v) is 4.99. The van der Waals surface area contributed by atoms with Gasteiger partial charge in [-0.2, -0.15) is 0 Å². The number of hydrogen-bond acceptors (Lipinski definition) is 5. The van der Waals surface area contributed by atoms with Gasteiger partial charge in [0.2, 0.25) is 0 Å². The lowest BCUT2D eigenvalue weighted by atomic mass is 10.1. The number of carboxylic acid groups (broad SMARTS) is 1. The minimum Gasteiger partial charge on any atom is -0.480 e. The fraction of sp³-hybridized carbons (Fsp3) is 0.111. The zero-order valence-electron chi connectivity index (χ0n) is 18.1. The van der Waals surface area contributed by atoms with E-state index in [1.54, 1.807) is 6.20 Å². The number of pyridine rings is 1. The van der Waals surface area contributed by atoms with Crippen LogP contribution in [0.25, 0.3) is 11.1 Å². The van der Waals surface area contributed by atoms with Crippen LogP contribution in [0.1, 0.15) is 17.9 Å². The van der Waals surface area contributed by atoms with Crippen LogP contribution in [0.5, 0.6) is 0 Å². The monoisotopic (exact) mass is 487 g/mol. The van der Waals surface area contributed by atoms with Crippen LogP contribution in [0.4, 0.5) is 11.5 Å². The molecule has 0 radical (unpaired) electrons. The number of carbonyl (C=O) groups is 1. The van der Waals surface area contributed by atoms with Crippen LogP contribution in [-0.4, -0.2) is 21.6 Å². The molecule has 1 aliphatic rings. The SMILES string of the molecule is O=C(O)C1(NSc2ccc(-c3ccc(Cl)cc3)cc2)CC1c1cccc(Nc2ccccn2)c1. The van der Waals surface area contributed by atoms with Gasteiger partial charge in [0.05, 0.1) is 0 Å². The lowest BCUT2D eigenvalue weighted by Crippen LogP contribution is -2.36. The number of halogens is 1. The van der Waals surface area contributed by atoms with E-state index in [1.807, 2.05) is 91.0 Å². The number of rotatable bonds is 8. The topological polar surface area (TPSA) is 74.2 Å². The lowest BCUT2D eigenvalue weighted by molar-refractivity contribution is -0.140. The molecular formula is C27H22ClN3O2S. The van der Waals surface area contributed by atoms with E-state index < -0.39 is 11.5 Å². The summed E-state index contributed by atoms with van der Waals surface area (Å²) in [5.74, 6) is -0.210. The predicted molar refractivity (Wildman–Crippen MR) is 138 cm³/mol. The largest absolute Gasteiger partial charge is 0.480 e. The molecule has 3 N–H and O–H groups in total. The number of aliphatic carboxylic acids is 1. The van der Waals surface area contributed by atoms with E-state index in [2.05, 4.69) is 15.0 Å². The number of benzene rings is 3. The zero-order valence-corrected chi connectivity index (χ0v) is 19.7. The van der Waals surface area contributed by atoms with Crippen LogP contribution in [-0.2, 0) is 4.79 Å². The summed E-state index contributed by atoms with van der Waals surface area (Å²) >= 11 is 7.33. The van der Waals surface area contributed by atoms with E-state index in [1.165, 1.54) is 11.9 Å². The summed E-state index contributed by atoms with van der Waals surface area (Å²) in [6.45, 7) is 0. The van der Waals surface area contributed by atoms with E-state index in [0.29, 0.717) is 11.4 Å². The summed E-state index contributed by atoms with van der Waals surface area (Å²) < 4.78 is 3.24. The minimum absolute atomic E-state index is 0.115. The molecule has 4 aromatic rings. The molecule has 1 saturated carbocycles. The molecule has 1 heterocycles. The predicted octanol–water partition coefficient (Wildman–Crippen LogP) is 6.75. The number of hydrogen-bond donors (Lipinski definition) is 3. The second kappa shape index (κ2) is 9.50. The second-order valence-electron chi connectivity index (χ2n) is 8.23. The number of nitrogens with one attached hydrogen (secondary N) is 2. The van der Waals surface area contributed by atoms with Gasteiger partial charge in [0, 0.05) is 27.7 Å². The molecule has 2 atom stereocenters. The maximum atomic E-state index is 12.2. The van der Waals surface area contributed by atoms with Crippen LogP contribution >= 0.6 is 23.5 Å². The van der Waals surface area contributed by atoms with Crippen LogP contribution in [0, 0.1) is 0 Å². The first-order chi connectivity index (χ1) is 16.5. The molecule has 7 heteroatoms. The molecule has 0 spiro atoms. The highest BCUT2D eigenvalue weighted by molar-refractivity contribution is 7.97. The maximum absolute atomic E-state index is 12.2. The third-order valence-electron chi connectivity index (χ3n) is 5.95. The van der Waals surface area contributed by atoms with Gasteiger partial charge >= 0.3 is 5.97 Å². The Balaban J connectivity index is 1.27. The molecule has 0 saturated heterocycles. The Morgan fingerprint density at radius 1 is 0.971 bits per heavy atom. The first-order valence-corrected chi connectivity index (χ1v) is 12.0. The molecule has 5 nitrogen and oxygen atoms in total. The van der Waals surface area contributed by atoms with Crippen molar-refractivity contribution in [3.63, 3.8) is 0 Å². The van der Waals surface area contributed by atoms with Gasteiger partial charge in [0.1, 0.15) is 11.4 Å². The van der Waals surface area contributed by atoms with Gasteiger partial charge in [-0.15, -0.1) is 0 Å². The Labute approximate surface area is 207 Å². The highest BCUT2D eigenvalue weighted by atomic mass is 35.5. The van der Waals surface area contributed by atoms with Crippen molar-refractivity contribution in [2.24, 2.45) is 0 Å². The van der Waals surface area contributed by atoms with Crippen molar-refractivity contribution in [3.05, 3.63) is 108 Å². The molecule has 3 aromatic carbocycles. The Morgan fingerprint density at radius 3 is 2.38 bits per heavy atom. The zero-order chi connectivity index (χ0) is 23.5. The molecule has 1 aliphatic carbocycles. The van der Waals surface area contributed by atoms with Crippen molar-refractivity contribution >= 4 is 41.0 Å². The van der Waals surface area contributed by atoms with Crippen molar-refractivity contribution in [1.29, 1.82) is 0 Å². The lowest BCUT2D eigenvalue weighted by Gasteiger charge is -2.15. The third kappa shape index (κ3) is 4.80. The molecule has 0 aliphatic heterocycles. The molecule has 0 bridgehead atoms. The molecular weight excluding hydrogens is 466 g/mol. The Bertz CT molecular complexity index is 1300. The molecule has 1 aromatic heterocycles. The van der Waals surface area contributed by atoms with Crippen molar-refractivity contribution in [3.8, 4) is 11.1 Å². The van der Waals surface area contributed by atoms with Gasteiger partial charge in [-0.3, -0.25) is 4.79 Å². The van der Waals surface area contributed by atoms with Gasteiger partial charge in [0.25, 0.3) is 0 Å². The maximum Gasteiger partial charge on any atom is 0.325 e. The number of nitrogens with zero attached hydrogens (tertiary/aromatic N) is 1. The van der Waals surface area contributed by atoms with E-state index in [9.17, 15) is 9.90 Å². The highest BCUT2D eigenvalue weighted by Gasteiger charge is 2.61. The second-order valence-corrected chi connectivity index (χ2v) is 9.55. The van der Waals surface area contributed by atoms with Gasteiger partial charge in [-0.1, -0.05) is 54.1 Å². The van der Waals surface area contributed by atoms with Gasteiger partial charge in [-0.25, -0.2) is 9.71 Å². The van der Waals surface area contributed by atoms with E-state index in [-0.39, 0.29) is 5.92 Å². The van der Waals surface area contributed by atoms with Crippen molar-refractivity contribution in [2.45, 2.75) is 22.8 Å². The Hall–Kier alpha value is -3.32. The van der Waals surface area contributed by atoms with Crippen LogP contribution in [0.3, 0.4) is 0 Å². The van der Waals surface area contributed by atoms with Crippen LogP contribution < -0.4 is 10.0 Å². The van der Waals surface area contributed by atoms with Gasteiger partial charge in [-0.05, 0) is 83.6 Å². The normalized spacial score (nSPS) is 18.9. The fourth-order valence-electron chi connectivity index (χ4n) is 3.98. The summed E-state index contributed by atoms with van der Waals surface area (Å²) in [5.41, 5.74) is 3.03. The summed E-state index contributed by atoms with van der Waals surface area (Å²) in [6, 6.07) is 29.3. The molecule has 34 heavy (non-hydrogen) atoms. The molecule has 1 fully saturated rings. The minimum atomic E-state index is -0.997. The summed E-state index contributed by atoms with van der Waals surface area (Å²) in [6.07, 6.45) is 2.26. The molecule has 5 rings (SSSR count). The van der Waals surface area contributed by atoms with E-state index in [4.69, 9.17) is 11.6 Å². The number of anilines is 2. The Morgan fingerprint density at radius 2 is 1.71 bits per heavy atom. The van der Waals surface area contributed by atoms with Gasteiger partial charge < -0.3 is 10.4 Å². The average Bonchev–Trinajstić information content (AvgIpc) is 3.61. The summed E-state index contributed by atoms with van der Waals surface area (Å²) in [5, 5.41) is 14.0. The van der Waals surface area contributed by atoms with E-state index >= 15 is 0 Å². The standard InChI is InChI=1S/C27H22ClN3O2S/c28-21-11-7-18(8-12-21)19-9-13-23(14-10-19)34-31-27(26(32)33)17-24(27)20-4-3-5-22(16-20)30-25-6-1-2-15-29-25/h1-16,24,31H,17H2,(H,29,30)(H,32,33). The van der Waals surface area contributed by atoms with E-state index in [0.717, 1.165) is 33.1 Å². The van der Waals surface area contributed by atoms with Crippen LogP contribution in [0.15, 0.2) is 102 Å². The first kappa shape index (κ1) is 22.5. The van der Waals surface area contributed by atoms with Gasteiger partial charge in [0.15, 0.2) is 0 Å². The van der Waals surface area contributed by atoms with Crippen LogP contribution in [0.2, 0.25) is 5.02 Å². The number of aromatic nitrogens is 1. The first-order valence-electron chi connectivity index (χ1n) is 10.8. The third-order valence-corrected chi connectivity index (χ3v) is 7.18.